The van der Waals surface area contributed by atoms with Crippen LogP contribution in [-0.2, 0) is 6.54 Å². The SMILES string of the molecule is CCCCCCC(C)NCCCn1ccc2ccccc21. The smallest absolute Gasteiger partial charge is 0.0480 e. The van der Waals surface area contributed by atoms with Crippen LogP contribution < -0.4 is 5.32 Å². The predicted molar refractivity (Wildman–Crippen MR) is 92.8 cm³/mol. The average molecular weight is 286 g/mol. The van der Waals surface area contributed by atoms with Crippen molar-refractivity contribution in [1.29, 1.82) is 0 Å². The van der Waals surface area contributed by atoms with Gasteiger partial charge >= 0.3 is 0 Å². The topological polar surface area (TPSA) is 17.0 Å². The fourth-order valence-corrected chi connectivity index (χ4v) is 2.91. The van der Waals surface area contributed by atoms with Gasteiger partial charge < -0.3 is 9.88 Å². The minimum Gasteiger partial charge on any atom is -0.347 e. The van der Waals surface area contributed by atoms with Crippen molar-refractivity contribution in [2.24, 2.45) is 0 Å². The molecule has 0 spiro atoms. The molecule has 2 heteroatoms. The molecule has 2 aromatic rings. The molecule has 116 valence electrons. The third-order valence-electron chi connectivity index (χ3n) is 4.24. The zero-order chi connectivity index (χ0) is 14.9. The maximum Gasteiger partial charge on any atom is 0.0480 e. The summed E-state index contributed by atoms with van der Waals surface area (Å²) in [7, 11) is 0. The highest BCUT2D eigenvalue weighted by atomic mass is 15.0. The number of benzene rings is 1. The molecule has 2 rings (SSSR count). The third-order valence-corrected chi connectivity index (χ3v) is 4.24. The lowest BCUT2D eigenvalue weighted by Gasteiger charge is -2.14. The highest BCUT2D eigenvalue weighted by molar-refractivity contribution is 5.79. The minimum absolute atomic E-state index is 0.656. The van der Waals surface area contributed by atoms with Gasteiger partial charge in [-0.05, 0) is 43.8 Å². The quantitative estimate of drug-likeness (QED) is 0.609. The number of fused-ring (bicyclic) bond motifs is 1. The largest absolute Gasteiger partial charge is 0.347 e. The second kappa shape index (κ2) is 8.89. The Morgan fingerprint density at radius 3 is 2.76 bits per heavy atom. The molecule has 1 aromatic heterocycles. The minimum atomic E-state index is 0.656. The summed E-state index contributed by atoms with van der Waals surface area (Å²) in [6.45, 7) is 6.80. The van der Waals surface area contributed by atoms with Crippen LogP contribution in [0.1, 0.15) is 52.4 Å². The normalized spacial score (nSPS) is 12.9. The fourth-order valence-electron chi connectivity index (χ4n) is 2.91. The van der Waals surface area contributed by atoms with Gasteiger partial charge in [-0.2, -0.15) is 0 Å². The summed E-state index contributed by atoms with van der Waals surface area (Å²) >= 11 is 0. The first-order valence-electron chi connectivity index (χ1n) is 8.58. The van der Waals surface area contributed by atoms with E-state index in [1.807, 2.05) is 0 Å². The molecule has 0 aliphatic rings. The van der Waals surface area contributed by atoms with Crippen molar-refractivity contribution in [3.63, 3.8) is 0 Å². The van der Waals surface area contributed by atoms with E-state index in [1.165, 1.54) is 49.4 Å². The van der Waals surface area contributed by atoms with E-state index in [-0.39, 0.29) is 0 Å². The molecule has 0 saturated carbocycles. The van der Waals surface area contributed by atoms with Crippen LogP contribution in [0, 0.1) is 0 Å². The molecule has 0 saturated heterocycles. The van der Waals surface area contributed by atoms with Crippen molar-refractivity contribution >= 4 is 10.9 Å². The van der Waals surface area contributed by atoms with Crippen LogP contribution in [0.5, 0.6) is 0 Å². The van der Waals surface area contributed by atoms with Crippen molar-refractivity contribution in [1.82, 2.24) is 9.88 Å². The van der Waals surface area contributed by atoms with Crippen LogP contribution in [0.15, 0.2) is 36.5 Å². The number of aromatic nitrogens is 1. The summed E-state index contributed by atoms with van der Waals surface area (Å²) in [5.74, 6) is 0. The van der Waals surface area contributed by atoms with E-state index in [4.69, 9.17) is 0 Å². The molecule has 1 atom stereocenters. The van der Waals surface area contributed by atoms with Crippen molar-refractivity contribution in [3.8, 4) is 0 Å². The van der Waals surface area contributed by atoms with E-state index in [0.717, 1.165) is 13.1 Å². The predicted octanol–water partition coefficient (Wildman–Crippen LogP) is 4.98. The maximum absolute atomic E-state index is 3.66. The van der Waals surface area contributed by atoms with Gasteiger partial charge in [0.1, 0.15) is 0 Å². The molecule has 0 aliphatic carbocycles. The number of rotatable bonds is 10. The fraction of sp³-hybridized carbons (Fsp3) is 0.579. The molecule has 0 fully saturated rings. The highest BCUT2D eigenvalue weighted by Crippen LogP contribution is 2.15. The first-order chi connectivity index (χ1) is 10.3. The van der Waals surface area contributed by atoms with Gasteiger partial charge in [-0.15, -0.1) is 0 Å². The molecular formula is C19H30N2. The molecule has 0 radical (unpaired) electrons. The van der Waals surface area contributed by atoms with E-state index >= 15 is 0 Å². The van der Waals surface area contributed by atoms with Gasteiger partial charge in [0, 0.05) is 24.3 Å². The van der Waals surface area contributed by atoms with Crippen molar-refractivity contribution < 1.29 is 0 Å². The Morgan fingerprint density at radius 1 is 1.05 bits per heavy atom. The van der Waals surface area contributed by atoms with Gasteiger partial charge in [0.15, 0.2) is 0 Å². The number of hydrogen-bond acceptors (Lipinski definition) is 1. The lowest BCUT2D eigenvalue weighted by Crippen LogP contribution is -2.27. The van der Waals surface area contributed by atoms with Crippen molar-refractivity contribution in [2.75, 3.05) is 6.54 Å². The Balaban J connectivity index is 1.63. The first kappa shape index (κ1) is 16.1. The van der Waals surface area contributed by atoms with E-state index < -0.39 is 0 Å². The highest BCUT2D eigenvalue weighted by Gasteiger charge is 2.02. The number of unbranched alkanes of at least 4 members (excludes halogenated alkanes) is 3. The van der Waals surface area contributed by atoms with E-state index in [1.54, 1.807) is 0 Å². The molecule has 0 amide bonds. The van der Waals surface area contributed by atoms with Gasteiger partial charge in [0.25, 0.3) is 0 Å². The molecule has 21 heavy (non-hydrogen) atoms. The summed E-state index contributed by atoms with van der Waals surface area (Å²) < 4.78 is 2.36. The Labute approximate surface area is 129 Å². The number of para-hydroxylation sites is 1. The van der Waals surface area contributed by atoms with E-state index in [2.05, 4.69) is 60.3 Å². The maximum atomic E-state index is 3.66. The lowest BCUT2D eigenvalue weighted by molar-refractivity contribution is 0.469. The zero-order valence-electron chi connectivity index (χ0n) is 13.6. The Kier molecular flexibility index (Phi) is 6.81. The molecule has 1 aromatic carbocycles. The van der Waals surface area contributed by atoms with Crippen LogP contribution >= 0.6 is 0 Å². The third kappa shape index (κ3) is 5.20. The molecular weight excluding hydrogens is 256 g/mol. The molecule has 0 bridgehead atoms. The van der Waals surface area contributed by atoms with Crippen LogP contribution in [0.25, 0.3) is 10.9 Å². The van der Waals surface area contributed by atoms with Gasteiger partial charge in [-0.1, -0.05) is 50.8 Å². The van der Waals surface area contributed by atoms with E-state index in [0.29, 0.717) is 6.04 Å². The number of nitrogens with zero attached hydrogens (tertiary/aromatic N) is 1. The van der Waals surface area contributed by atoms with Gasteiger partial charge in [0.2, 0.25) is 0 Å². The summed E-state index contributed by atoms with van der Waals surface area (Å²) in [6, 6.07) is 11.5. The molecule has 1 N–H and O–H groups in total. The van der Waals surface area contributed by atoms with Crippen LogP contribution in [0.3, 0.4) is 0 Å². The van der Waals surface area contributed by atoms with Crippen molar-refractivity contribution in [2.45, 2.75) is 65.0 Å². The average Bonchev–Trinajstić information content (AvgIpc) is 2.91. The second-order valence-electron chi connectivity index (χ2n) is 6.13. The summed E-state index contributed by atoms with van der Waals surface area (Å²) in [4.78, 5) is 0. The number of hydrogen-bond donors (Lipinski definition) is 1. The molecule has 0 aliphatic heterocycles. The van der Waals surface area contributed by atoms with Crippen LogP contribution in [0.4, 0.5) is 0 Å². The Bertz CT molecular complexity index is 515. The first-order valence-corrected chi connectivity index (χ1v) is 8.58. The Morgan fingerprint density at radius 2 is 1.90 bits per heavy atom. The number of nitrogens with one attached hydrogen (secondary N) is 1. The molecule has 2 nitrogen and oxygen atoms in total. The van der Waals surface area contributed by atoms with Gasteiger partial charge in [-0.25, -0.2) is 0 Å². The summed E-state index contributed by atoms with van der Waals surface area (Å²) in [6.07, 6.45) is 10.2. The lowest BCUT2D eigenvalue weighted by atomic mass is 10.1. The Hall–Kier alpha value is -1.28. The van der Waals surface area contributed by atoms with Crippen molar-refractivity contribution in [3.05, 3.63) is 36.5 Å². The molecule has 1 heterocycles. The van der Waals surface area contributed by atoms with Crippen LogP contribution in [0.2, 0.25) is 0 Å². The monoisotopic (exact) mass is 286 g/mol. The standard InChI is InChI=1S/C19H30N2/c1-3-4-5-6-10-17(2)20-14-9-15-21-16-13-18-11-7-8-12-19(18)21/h7-8,11-13,16-17,20H,3-6,9-10,14-15H2,1-2H3. The van der Waals surface area contributed by atoms with E-state index in [9.17, 15) is 0 Å². The van der Waals surface area contributed by atoms with Gasteiger partial charge in [0.05, 0.1) is 0 Å². The second-order valence-corrected chi connectivity index (χ2v) is 6.13. The molecule has 1 unspecified atom stereocenters. The van der Waals surface area contributed by atoms with Gasteiger partial charge in [-0.3, -0.25) is 0 Å². The zero-order valence-corrected chi connectivity index (χ0v) is 13.6. The summed E-state index contributed by atoms with van der Waals surface area (Å²) in [5.41, 5.74) is 1.35. The van der Waals surface area contributed by atoms with Crippen LogP contribution in [-0.4, -0.2) is 17.2 Å². The number of aryl methyl sites for hydroxylation is 1. The summed E-state index contributed by atoms with van der Waals surface area (Å²) in [5, 5.41) is 5.00.